The highest BCUT2D eigenvalue weighted by molar-refractivity contribution is 6.51. The van der Waals surface area contributed by atoms with E-state index in [-0.39, 0.29) is 11.3 Å². The van der Waals surface area contributed by atoms with Crippen molar-refractivity contribution >= 4 is 39.9 Å². The van der Waals surface area contributed by atoms with Crippen LogP contribution < -0.4 is 4.90 Å². The van der Waals surface area contributed by atoms with Crippen LogP contribution in [0.5, 0.6) is 0 Å². The number of carbonyl (C=O) groups is 3. The number of esters is 1. The van der Waals surface area contributed by atoms with Gasteiger partial charge in [-0.1, -0.05) is 49.4 Å². The maximum absolute atomic E-state index is 13.3. The Morgan fingerprint density at radius 2 is 1.68 bits per heavy atom. The third-order valence-corrected chi connectivity index (χ3v) is 6.29. The molecule has 1 unspecified atom stereocenters. The monoisotopic (exact) mass is 492 g/mol. The van der Waals surface area contributed by atoms with Crippen molar-refractivity contribution in [3.05, 3.63) is 114 Å². The van der Waals surface area contributed by atoms with Gasteiger partial charge in [-0.15, -0.1) is 0 Å². The minimum atomic E-state index is -0.905. The summed E-state index contributed by atoms with van der Waals surface area (Å²) < 4.78 is 5.18. The smallest absolute Gasteiger partial charge is 0.338 e. The van der Waals surface area contributed by atoms with Crippen LogP contribution in [0.15, 0.2) is 96.8 Å². The number of aromatic nitrogens is 1. The molecule has 0 saturated carbocycles. The van der Waals surface area contributed by atoms with Crippen LogP contribution in [0.2, 0.25) is 0 Å². The summed E-state index contributed by atoms with van der Waals surface area (Å²) in [5.41, 5.74) is 1.71. The number of aliphatic hydroxyl groups excluding tert-OH is 1. The van der Waals surface area contributed by atoms with Crippen LogP contribution in [0.4, 0.5) is 5.69 Å². The number of hydrogen-bond donors (Lipinski definition) is 1. The maximum atomic E-state index is 13.3. The second-order valence-corrected chi connectivity index (χ2v) is 8.70. The summed E-state index contributed by atoms with van der Waals surface area (Å²) >= 11 is 0. The maximum Gasteiger partial charge on any atom is 0.338 e. The van der Waals surface area contributed by atoms with E-state index in [0.717, 1.165) is 10.8 Å². The molecular weight excluding hydrogens is 468 g/mol. The molecule has 1 atom stereocenters. The van der Waals surface area contributed by atoms with Gasteiger partial charge in [-0.3, -0.25) is 19.5 Å². The van der Waals surface area contributed by atoms with Gasteiger partial charge >= 0.3 is 5.97 Å². The van der Waals surface area contributed by atoms with Gasteiger partial charge < -0.3 is 9.84 Å². The quantitative estimate of drug-likeness (QED) is 0.167. The van der Waals surface area contributed by atoms with Gasteiger partial charge in [0.25, 0.3) is 11.7 Å². The molecule has 5 rings (SSSR count). The first kappa shape index (κ1) is 23.9. The van der Waals surface area contributed by atoms with Gasteiger partial charge in [0, 0.05) is 23.6 Å². The lowest BCUT2D eigenvalue weighted by atomic mass is 9.95. The number of amides is 1. The van der Waals surface area contributed by atoms with E-state index in [2.05, 4.69) is 4.98 Å². The van der Waals surface area contributed by atoms with Gasteiger partial charge in [-0.25, -0.2) is 4.79 Å². The van der Waals surface area contributed by atoms with Crippen LogP contribution in [0.3, 0.4) is 0 Å². The number of hydrogen-bond acceptors (Lipinski definition) is 6. The fourth-order valence-electron chi connectivity index (χ4n) is 4.48. The number of rotatable bonds is 6. The number of fused-ring (bicyclic) bond motifs is 1. The largest absolute Gasteiger partial charge is 0.507 e. The Bertz CT molecular complexity index is 1530. The zero-order valence-electron chi connectivity index (χ0n) is 20.1. The average Bonchev–Trinajstić information content (AvgIpc) is 3.21. The molecule has 0 spiro atoms. The highest BCUT2D eigenvalue weighted by Gasteiger charge is 2.47. The molecule has 1 saturated heterocycles. The summed E-state index contributed by atoms with van der Waals surface area (Å²) in [6.07, 6.45) is 3.86. The van der Waals surface area contributed by atoms with Gasteiger partial charge in [0.15, 0.2) is 0 Å². The van der Waals surface area contributed by atoms with E-state index in [1.807, 2.05) is 37.3 Å². The Labute approximate surface area is 213 Å². The van der Waals surface area contributed by atoms with E-state index in [0.29, 0.717) is 35.4 Å². The van der Waals surface area contributed by atoms with Crippen LogP contribution in [0.25, 0.3) is 16.5 Å². The number of ketones is 1. The van der Waals surface area contributed by atoms with Crippen molar-refractivity contribution in [2.45, 2.75) is 19.4 Å². The average molecular weight is 493 g/mol. The predicted molar refractivity (Wildman–Crippen MR) is 140 cm³/mol. The molecule has 4 aromatic rings. The molecule has 2 heterocycles. The Hall–Kier alpha value is -4.78. The second kappa shape index (κ2) is 10.1. The first-order valence-corrected chi connectivity index (χ1v) is 12.0. The summed E-state index contributed by atoms with van der Waals surface area (Å²) in [5, 5.41) is 13.2. The minimum Gasteiger partial charge on any atom is -0.507 e. The topological polar surface area (TPSA) is 96.8 Å². The van der Waals surface area contributed by atoms with Crippen molar-refractivity contribution in [2.75, 3.05) is 11.5 Å². The summed E-state index contributed by atoms with van der Waals surface area (Å²) in [6, 6.07) is 21.9. The molecule has 1 aliphatic rings. The van der Waals surface area contributed by atoms with Crippen molar-refractivity contribution in [2.24, 2.45) is 0 Å². The fraction of sp³-hybridized carbons (Fsp3) is 0.133. The third kappa shape index (κ3) is 4.47. The molecule has 0 radical (unpaired) electrons. The van der Waals surface area contributed by atoms with Crippen LogP contribution in [0, 0.1) is 0 Å². The van der Waals surface area contributed by atoms with Crippen LogP contribution in [-0.2, 0) is 14.3 Å². The molecule has 184 valence electrons. The Balaban J connectivity index is 1.61. The standard InChI is InChI=1S/C30H24N2O5/c1-2-16-37-30(36)20-11-13-24(14-12-20)32-26(23-8-5-15-31-18-23)25(28(34)29(32)35)27(33)22-10-9-19-6-3-4-7-21(19)17-22/h3-15,17-18,26,33H,2,16H2,1H3/b27-25-. The number of Topliss-reactive ketones (excluding diaryl/α,β-unsaturated/α-hetero) is 1. The normalized spacial score (nSPS) is 16.8. The Morgan fingerprint density at radius 3 is 2.38 bits per heavy atom. The highest BCUT2D eigenvalue weighted by Crippen LogP contribution is 2.42. The molecule has 7 heteroatoms. The Kier molecular flexibility index (Phi) is 6.51. The summed E-state index contributed by atoms with van der Waals surface area (Å²) in [4.78, 5) is 44.4. The lowest BCUT2D eigenvalue weighted by Gasteiger charge is -2.25. The van der Waals surface area contributed by atoms with E-state index < -0.39 is 23.7 Å². The van der Waals surface area contributed by atoms with Crippen molar-refractivity contribution in [1.82, 2.24) is 4.98 Å². The van der Waals surface area contributed by atoms with Crippen molar-refractivity contribution < 1.29 is 24.2 Å². The van der Waals surface area contributed by atoms with Gasteiger partial charge in [0.05, 0.1) is 23.8 Å². The van der Waals surface area contributed by atoms with Gasteiger partial charge in [-0.05, 0) is 59.2 Å². The van der Waals surface area contributed by atoms with Crippen LogP contribution >= 0.6 is 0 Å². The first-order valence-electron chi connectivity index (χ1n) is 12.0. The predicted octanol–water partition coefficient (Wildman–Crippen LogP) is 5.43. The van der Waals surface area contributed by atoms with E-state index in [1.54, 1.807) is 60.9 Å². The summed E-state index contributed by atoms with van der Waals surface area (Å²) in [7, 11) is 0. The van der Waals surface area contributed by atoms with Crippen molar-refractivity contribution in [3.63, 3.8) is 0 Å². The zero-order chi connectivity index (χ0) is 25.9. The fourth-order valence-corrected chi connectivity index (χ4v) is 4.48. The van der Waals surface area contributed by atoms with E-state index >= 15 is 0 Å². The summed E-state index contributed by atoms with van der Waals surface area (Å²) in [5.74, 6) is -2.31. The van der Waals surface area contributed by atoms with Crippen LogP contribution in [0.1, 0.15) is 40.9 Å². The molecular formula is C30H24N2O5. The third-order valence-electron chi connectivity index (χ3n) is 6.29. The SMILES string of the molecule is CCCOC(=O)c1ccc(N2C(=O)C(=O)/C(=C(\O)c3ccc4ccccc4c3)C2c2cccnc2)cc1. The molecule has 0 aliphatic carbocycles. The van der Waals surface area contributed by atoms with E-state index in [1.165, 1.54) is 4.90 Å². The molecule has 7 nitrogen and oxygen atoms in total. The van der Waals surface area contributed by atoms with Crippen molar-refractivity contribution in [3.8, 4) is 0 Å². The van der Waals surface area contributed by atoms with E-state index in [9.17, 15) is 19.5 Å². The second-order valence-electron chi connectivity index (χ2n) is 8.70. The van der Waals surface area contributed by atoms with Gasteiger partial charge in [-0.2, -0.15) is 0 Å². The number of nitrogens with zero attached hydrogens (tertiary/aromatic N) is 2. The molecule has 1 amide bonds. The lowest BCUT2D eigenvalue weighted by molar-refractivity contribution is -0.132. The number of anilines is 1. The van der Waals surface area contributed by atoms with Crippen molar-refractivity contribution in [1.29, 1.82) is 0 Å². The zero-order valence-corrected chi connectivity index (χ0v) is 20.1. The first-order chi connectivity index (χ1) is 18.0. The van der Waals surface area contributed by atoms with Gasteiger partial charge in [0.2, 0.25) is 0 Å². The number of carbonyl (C=O) groups excluding carboxylic acids is 3. The molecule has 0 bridgehead atoms. The number of benzene rings is 3. The molecule has 1 aliphatic heterocycles. The number of ether oxygens (including phenoxy) is 1. The summed E-state index contributed by atoms with van der Waals surface area (Å²) in [6.45, 7) is 2.22. The molecule has 1 aromatic heterocycles. The minimum absolute atomic E-state index is 0.0280. The lowest BCUT2D eigenvalue weighted by Crippen LogP contribution is -2.29. The van der Waals surface area contributed by atoms with E-state index in [4.69, 9.17) is 4.74 Å². The number of aliphatic hydroxyl groups is 1. The van der Waals surface area contributed by atoms with Crippen LogP contribution in [-0.4, -0.2) is 34.4 Å². The van der Waals surface area contributed by atoms with Gasteiger partial charge in [0.1, 0.15) is 5.76 Å². The molecule has 1 fully saturated rings. The molecule has 1 N–H and O–H groups in total. The number of pyridine rings is 1. The Morgan fingerprint density at radius 1 is 0.946 bits per heavy atom. The molecule has 3 aromatic carbocycles. The highest BCUT2D eigenvalue weighted by atomic mass is 16.5. The molecule has 37 heavy (non-hydrogen) atoms.